The van der Waals surface area contributed by atoms with Gasteiger partial charge in [0.15, 0.2) is 0 Å². The highest BCUT2D eigenvalue weighted by atomic mass is 16.5. The number of rotatable bonds is 3. The molecule has 1 heterocycles. The number of likely N-dealkylation sites (tertiary alicyclic amines) is 1. The van der Waals surface area contributed by atoms with Crippen LogP contribution in [-0.4, -0.2) is 48.5 Å². The van der Waals surface area contributed by atoms with E-state index in [4.69, 9.17) is 4.74 Å². The number of ether oxygens (including phenoxy) is 1. The van der Waals surface area contributed by atoms with Gasteiger partial charge in [-0.2, -0.15) is 0 Å². The van der Waals surface area contributed by atoms with Crippen molar-refractivity contribution >= 4 is 12.2 Å². The highest BCUT2D eigenvalue weighted by Gasteiger charge is 2.43. The summed E-state index contributed by atoms with van der Waals surface area (Å²) in [6.07, 6.45) is 2.23. The first kappa shape index (κ1) is 14.1. The predicted molar refractivity (Wildman–Crippen MR) is 76.5 cm³/mol. The van der Waals surface area contributed by atoms with Gasteiger partial charge in [0.05, 0.1) is 18.8 Å². The van der Waals surface area contributed by atoms with Crippen LogP contribution in [-0.2, 0) is 0 Å². The highest BCUT2D eigenvalue weighted by Crippen LogP contribution is 2.39. The van der Waals surface area contributed by atoms with Gasteiger partial charge in [-0.1, -0.05) is 0 Å². The Morgan fingerprint density at radius 1 is 1.38 bits per heavy atom. The third-order valence-corrected chi connectivity index (χ3v) is 4.70. The van der Waals surface area contributed by atoms with Gasteiger partial charge >= 0.3 is 0 Å². The van der Waals surface area contributed by atoms with E-state index in [1.807, 2.05) is 0 Å². The van der Waals surface area contributed by atoms with Crippen LogP contribution in [0.4, 0.5) is 0 Å². The molecule has 2 fully saturated rings. The van der Waals surface area contributed by atoms with Crippen LogP contribution in [0.3, 0.4) is 0 Å². The van der Waals surface area contributed by atoms with E-state index in [0.29, 0.717) is 35.9 Å². The SMILES string of the molecule is COc1ccc(C=O)cc1C(=O)N1C[C@@H]2CC[C@H](O)[C@@H]2C1. The Hall–Kier alpha value is -1.88. The number of benzene rings is 1. The van der Waals surface area contributed by atoms with Gasteiger partial charge < -0.3 is 14.7 Å². The zero-order valence-corrected chi connectivity index (χ0v) is 12.0. The van der Waals surface area contributed by atoms with Crippen molar-refractivity contribution in [3.05, 3.63) is 29.3 Å². The molecule has 0 radical (unpaired) electrons. The lowest BCUT2D eigenvalue weighted by atomic mass is 10.00. The quantitative estimate of drug-likeness (QED) is 0.853. The molecule has 112 valence electrons. The Balaban J connectivity index is 1.84. The fourth-order valence-corrected chi connectivity index (χ4v) is 3.54. The largest absolute Gasteiger partial charge is 0.496 e. The zero-order valence-electron chi connectivity index (χ0n) is 12.0. The van der Waals surface area contributed by atoms with Gasteiger partial charge in [-0.25, -0.2) is 0 Å². The van der Waals surface area contributed by atoms with Crippen molar-refractivity contribution in [2.75, 3.05) is 20.2 Å². The summed E-state index contributed by atoms with van der Waals surface area (Å²) in [5.41, 5.74) is 0.870. The second-order valence-corrected chi connectivity index (χ2v) is 5.86. The average Bonchev–Trinajstić information content (AvgIpc) is 3.08. The number of fused-ring (bicyclic) bond motifs is 1. The maximum Gasteiger partial charge on any atom is 0.257 e. The molecule has 1 aliphatic heterocycles. The second kappa shape index (κ2) is 5.48. The van der Waals surface area contributed by atoms with Gasteiger partial charge in [0.2, 0.25) is 0 Å². The van der Waals surface area contributed by atoms with E-state index in [9.17, 15) is 14.7 Å². The number of carbonyl (C=O) groups excluding carboxylic acids is 2. The molecule has 1 aliphatic carbocycles. The molecule has 21 heavy (non-hydrogen) atoms. The van der Waals surface area contributed by atoms with Crippen molar-refractivity contribution in [1.82, 2.24) is 4.90 Å². The lowest BCUT2D eigenvalue weighted by Gasteiger charge is -2.20. The first-order chi connectivity index (χ1) is 10.1. The minimum Gasteiger partial charge on any atom is -0.496 e. The number of aliphatic hydroxyl groups is 1. The molecule has 0 spiro atoms. The third kappa shape index (κ3) is 2.42. The van der Waals surface area contributed by atoms with Crippen LogP contribution in [0.5, 0.6) is 5.75 Å². The molecular formula is C16H19NO4. The molecule has 1 aromatic rings. The fourth-order valence-electron chi connectivity index (χ4n) is 3.54. The van der Waals surface area contributed by atoms with Crippen LogP contribution in [0.1, 0.15) is 33.6 Å². The summed E-state index contributed by atoms with van der Waals surface area (Å²) >= 11 is 0. The van der Waals surface area contributed by atoms with E-state index < -0.39 is 0 Å². The van der Waals surface area contributed by atoms with Crippen molar-refractivity contribution in [3.63, 3.8) is 0 Å². The molecule has 0 bridgehead atoms. The highest BCUT2D eigenvalue weighted by molar-refractivity contribution is 5.98. The summed E-state index contributed by atoms with van der Waals surface area (Å²) in [5.74, 6) is 0.929. The lowest BCUT2D eigenvalue weighted by molar-refractivity contribution is 0.0749. The standard InChI is InChI=1S/C16H19NO4/c1-21-15-5-2-10(9-18)6-12(15)16(20)17-7-11-3-4-14(19)13(11)8-17/h2,5-6,9,11,13-14,19H,3-4,7-8H2,1H3/t11-,13+,14-/m0/s1. The van der Waals surface area contributed by atoms with Gasteiger partial charge in [-0.15, -0.1) is 0 Å². The van der Waals surface area contributed by atoms with Crippen molar-refractivity contribution in [1.29, 1.82) is 0 Å². The number of hydrogen-bond acceptors (Lipinski definition) is 4. The number of carbonyl (C=O) groups is 2. The van der Waals surface area contributed by atoms with Gasteiger partial charge in [-0.05, 0) is 37.0 Å². The van der Waals surface area contributed by atoms with Crippen molar-refractivity contribution in [2.45, 2.75) is 18.9 Å². The molecule has 0 aromatic heterocycles. The first-order valence-electron chi connectivity index (χ1n) is 7.24. The molecule has 2 aliphatic rings. The molecule has 1 amide bonds. The molecule has 3 rings (SSSR count). The Bertz CT molecular complexity index is 571. The minimum absolute atomic E-state index is 0.128. The second-order valence-electron chi connectivity index (χ2n) is 5.86. The number of hydrogen-bond donors (Lipinski definition) is 1. The predicted octanol–water partition coefficient (Wildman–Crippen LogP) is 1.35. The van der Waals surface area contributed by atoms with Crippen molar-refractivity contribution < 1.29 is 19.4 Å². The summed E-state index contributed by atoms with van der Waals surface area (Å²) in [6, 6.07) is 4.84. The summed E-state index contributed by atoms with van der Waals surface area (Å²) in [7, 11) is 1.51. The number of aliphatic hydroxyl groups excluding tert-OH is 1. The number of amides is 1. The summed E-state index contributed by atoms with van der Waals surface area (Å²) in [5, 5.41) is 9.94. The van der Waals surface area contributed by atoms with Gasteiger partial charge in [0.25, 0.3) is 5.91 Å². The Morgan fingerprint density at radius 2 is 2.19 bits per heavy atom. The number of nitrogens with zero attached hydrogens (tertiary/aromatic N) is 1. The molecule has 1 N–H and O–H groups in total. The van der Waals surface area contributed by atoms with E-state index in [1.165, 1.54) is 7.11 Å². The number of methoxy groups -OCH3 is 1. The summed E-state index contributed by atoms with van der Waals surface area (Å²) < 4.78 is 5.23. The van der Waals surface area contributed by atoms with Gasteiger partial charge in [0.1, 0.15) is 12.0 Å². The lowest BCUT2D eigenvalue weighted by Crippen LogP contribution is -2.31. The van der Waals surface area contributed by atoms with E-state index in [-0.39, 0.29) is 17.9 Å². The van der Waals surface area contributed by atoms with E-state index in [2.05, 4.69) is 0 Å². The van der Waals surface area contributed by atoms with Crippen LogP contribution in [0.25, 0.3) is 0 Å². The molecule has 5 nitrogen and oxygen atoms in total. The van der Waals surface area contributed by atoms with Crippen molar-refractivity contribution in [3.8, 4) is 5.75 Å². The van der Waals surface area contributed by atoms with E-state index >= 15 is 0 Å². The molecule has 1 aromatic carbocycles. The van der Waals surface area contributed by atoms with Crippen molar-refractivity contribution in [2.24, 2.45) is 11.8 Å². The average molecular weight is 289 g/mol. The molecular weight excluding hydrogens is 270 g/mol. The molecule has 1 saturated carbocycles. The Labute approximate surface area is 123 Å². The first-order valence-corrected chi connectivity index (χ1v) is 7.24. The van der Waals surface area contributed by atoms with Crippen LogP contribution in [0.15, 0.2) is 18.2 Å². The zero-order chi connectivity index (χ0) is 15.0. The maximum absolute atomic E-state index is 12.7. The minimum atomic E-state index is -0.295. The maximum atomic E-state index is 12.7. The van der Waals surface area contributed by atoms with Crippen LogP contribution >= 0.6 is 0 Å². The Kier molecular flexibility index (Phi) is 3.68. The Morgan fingerprint density at radius 3 is 2.86 bits per heavy atom. The van der Waals surface area contributed by atoms with Crippen LogP contribution in [0.2, 0.25) is 0 Å². The monoisotopic (exact) mass is 289 g/mol. The molecule has 0 unspecified atom stereocenters. The van der Waals surface area contributed by atoms with E-state index in [0.717, 1.165) is 19.1 Å². The molecule has 1 saturated heterocycles. The van der Waals surface area contributed by atoms with E-state index in [1.54, 1.807) is 23.1 Å². The van der Waals surface area contributed by atoms with Crippen LogP contribution < -0.4 is 4.74 Å². The number of aldehydes is 1. The summed E-state index contributed by atoms with van der Waals surface area (Å²) in [6.45, 7) is 1.26. The summed E-state index contributed by atoms with van der Waals surface area (Å²) in [4.78, 5) is 25.4. The molecule has 3 atom stereocenters. The smallest absolute Gasteiger partial charge is 0.257 e. The van der Waals surface area contributed by atoms with Gasteiger partial charge in [0, 0.05) is 24.6 Å². The topological polar surface area (TPSA) is 66.8 Å². The fraction of sp³-hybridized carbons (Fsp3) is 0.500. The van der Waals surface area contributed by atoms with Gasteiger partial charge in [-0.3, -0.25) is 9.59 Å². The molecule has 5 heteroatoms. The normalized spacial score (nSPS) is 27.5. The van der Waals surface area contributed by atoms with Crippen LogP contribution in [0, 0.1) is 11.8 Å². The third-order valence-electron chi connectivity index (χ3n) is 4.70.